The zero-order chi connectivity index (χ0) is 25.7. The van der Waals surface area contributed by atoms with Crippen LogP contribution in [0.2, 0.25) is 0 Å². The van der Waals surface area contributed by atoms with Crippen molar-refractivity contribution in [2.45, 2.75) is 18.3 Å². The van der Waals surface area contributed by atoms with Crippen LogP contribution < -0.4 is 17.2 Å². The molecule has 0 unspecified atom stereocenters. The van der Waals surface area contributed by atoms with Gasteiger partial charge in [0.1, 0.15) is 18.3 Å². The molecule has 0 aliphatic rings. The number of primary amides is 3. The molecule has 0 saturated carbocycles. The van der Waals surface area contributed by atoms with Crippen molar-refractivity contribution in [3.63, 3.8) is 0 Å². The Bertz CT molecular complexity index is 285. The molecule has 0 fully saturated rings. The standard InChI is InChI=1S/3C3H8O3.3CH3NO2/c3*4-1-3(6)2-5;3*2-1(3)4/h3*3-6H,1-2H2;3*2H2,(H,3,4). The summed E-state index contributed by atoms with van der Waals surface area (Å²) in [7, 11) is 0. The average Bonchev–Trinajstić information content (AvgIpc) is 2.65. The van der Waals surface area contributed by atoms with E-state index in [0.717, 1.165) is 0 Å². The van der Waals surface area contributed by atoms with E-state index in [-0.39, 0.29) is 39.6 Å². The van der Waals surface area contributed by atoms with E-state index in [9.17, 15) is 0 Å². The third-order valence-electron chi connectivity index (χ3n) is 1.26. The lowest BCUT2D eigenvalue weighted by Crippen LogP contribution is -2.15. The maximum atomic E-state index is 8.78. The van der Waals surface area contributed by atoms with Gasteiger partial charge in [0.2, 0.25) is 0 Å². The second-order valence-corrected chi connectivity index (χ2v) is 4.07. The molecule has 3 amide bonds. The Morgan fingerprint density at radius 1 is 0.467 bits per heavy atom. The van der Waals surface area contributed by atoms with Gasteiger partial charge in [-0.1, -0.05) is 0 Å². The van der Waals surface area contributed by atoms with Crippen molar-refractivity contribution in [3.05, 3.63) is 0 Å². The van der Waals surface area contributed by atoms with Crippen LogP contribution in [0.3, 0.4) is 0 Å². The molecule has 0 atom stereocenters. The lowest BCUT2D eigenvalue weighted by Gasteiger charge is -1.96. The largest absolute Gasteiger partial charge is 0.465 e. The Morgan fingerprint density at radius 3 is 0.533 bits per heavy atom. The predicted octanol–water partition coefficient (Wildman–Crippen LogP) is -6.13. The quantitative estimate of drug-likeness (QED) is 0.175. The lowest BCUT2D eigenvalue weighted by atomic mass is 10.4. The summed E-state index contributed by atoms with van der Waals surface area (Å²) >= 11 is 0. The van der Waals surface area contributed by atoms with Gasteiger partial charge < -0.3 is 78.5 Å². The van der Waals surface area contributed by atoms with E-state index in [0.29, 0.717) is 0 Å². The molecule has 0 aliphatic heterocycles. The first-order valence-electron chi connectivity index (χ1n) is 7.27. The third kappa shape index (κ3) is 170. The summed E-state index contributed by atoms with van der Waals surface area (Å²) < 4.78 is 0. The number of carbonyl (C=O) groups is 3. The minimum atomic E-state index is -1.33. The molecule has 18 nitrogen and oxygen atoms in total. The first-order chi connectivity index (χ1) is 13.6. The summed E-state index contributed by atoms with van der Waals surface area (Å²) in [6.45, 7) is -2.19. The van der Waals surface area contributed by atoms with Crippen molar-refractivity contribution in [1.29, 1.82) is 0 Å². The van der Waals surface area contributed by atoms with Crippen LogP contribution in [0.25, 0.3) is 0 Å². The highest BCUT2D eigenvalue weighted by molar-refractivity contribution is 5.62. The summed E-state index contributed by atoms with van der Waals surface area (Å²) in [5.41, 5.74) is 12.1. The molecule has 186 valence electrons. The van der Waals surface area contributed by atoms with Crippen molar-refractivity contribution in [2.75, 3.05) is 39.6 Å². The molecule has 0 rings (SSSR count). The molecule has 0 spiro atoms. The van der Waals surface area contributed by atoms with Crippen molar-refractivity contribution >= 4 is 18.3 Å². The van der Waals surface area contributed by atoms with Gasteiger partial charge >= 0.3 is 18.3 Å². The predicted molar refractivity (Wildman–Crippen MR) is 97.2 cm³/mol. The van der Waals surface area contributed by atoms with Gasteiger partial charge in [0.25, 0.3) is 0 Å². The van der Waals surface area contributed by atoms with Crippen LogP contribution in [-0.2, 0) is 0 Å². The summed E-state index contributed by atoms with van der Waals surface area (Å²) in [6.07, 6.45) is -6.86. The molecule has 0 saturated heterocycles. The summed E-state index contributed by atoms with van der Waals surface area (Å²) in [5, 5.41) is 93.6. The number of aliphatic hydroxyl groups is 9. The van der Waals surface area contributed by atoms with Crippen molar-refractivity contribution in [3.8, 4) is 0 Å². The van der Waals surface area contributed by atoms with E-state index >= 15 is 0 Å². The fourth-order valence-electron chi connectivity index (χ4n) is 0.173. The third-order valence-corrected chi connectivity index (χ3v) is 1.26. The molecule has 18 N–H and O–H groups in total. The number of hydrogen-bond acceptors (Lipinski definition) is 12. The van der Waals surface area contributed by atoms with E-state index in [1.165, 1.54) is 0 Å². The van der Waals surface area contributed by atoms with E-state index in [2.05, 4.69) is 17.2 Å². The van der Waals surface area contributed by atoms with E-state index in [1.54, 1.807) is 0 Å². The Morgan fingerprint density at radius 2 is 0.533 bits per heavy atom. The van der Waals surface area contributed by atoms with Crippen molar-refractivity contribution < 1.29 is 75.7 Å². The lowest BCUT2D eigenvalue weighted by molar-refractivity contribution is 0.0450. The molecule has 0 aliphatic carbocycles. The van der Waals surface area contributed by atoms with Gasteiger partial charge in [0.05, 0.1) is 39.6 Å². The Balaban J connectivity index is -0.0000000583. The minimum absolute atomic E-state index is 0.365. The smallest absolute Gasteiger partial charge is 0.402 e. The van der Waals surface area contributed by atoms with Crippen LogP contribution in [0.1, 0.15) is 0 Å². The van der Waals surface area contributed by atoms with Crippen molar-refractivity contribution in [2.24, 2.45) is 17.2 Å². The van der Waals surface area contributed by atoms with E-state index in [4.69, 9.17) is 75.7 Å². The second-order valence-electron chi connectivity index (χ2n) is 4.07. The number of amides is 3. The van der Waals surface area contributed by atoms with Crippen molar-refractivity contribution in [1.82, 2.24) is 0 Å². The van der Waals surface area contributed by atoms with Gasteiger partial charge in [-0.15, -0.1) is 0 Å². The molecule has 0 aromatic heterocycles. The van der Waals surface area contributed by atoms with Gasteiger partial charge in [-0.2, -0.15) is 0 Å². The summed E-state index contributed by atoms with van der Waals surface area (Å²) in [6, 6.07) is 0. The monoisotopic (exact) mass is 459 g/mol. The number of rotatable bonds is 6. The van der Waals surface area contributed by atoms with Gasteiger partial charge in [0.15, 0.2) is 0 Å². The van der Waals surface area contributed by atoms with Gasteiger partial charge in [0, 0.05) is 0 Å². The van der Waals surface area contributed by atoms with Crippen LogP contribution in [0.5, 0.6) is 0 Å². The summed E-state index contributed by atoms with van der Waals surface area (Å²) in [4.78, 5) is 26.3. The topological polar surface area (TPSA) is 372 Å². The maximum Gasteiger partial charge on any atom is 0.402 e. The molecular weight excluding hydrogens is 426 g/mol. The number of aliphatic hydroxyl groups excluding tert-OH is 9. The molecule has 0 bridgehead atoms. The fourth-order valence-corrected chi connectivity index (χ4v) is 0.173. The highest BCUT2D eigenvalue weighted by Crippen LogP contribution is 1.72. The first kappa shape index (κ1) is 41.7. The highest BCUT2D eigenvalue weighted by atomic mass is 16.4. The van der Waals surface area contributed by atoms with Gasteiger partial charge in [-0.25, -0.2) is 14.4 Å². The van der Waals surface area contributed by atoms with Gasteiger partial charge in [-0.05, 0) is 0 Å². The molecule has 0 aromatic carbocycles. The highest BCUT2D eigenvalue weighted by Gasteiger charge is 1.94. The first-order valence-corrected chi connectivity index (χ1v) is 7.27. The SMILES string of the molecule is NC(=O)O.NC(=O)O.NC(=O)O.OCC(O)CO.OCC(O)CO.OCC(O)CO. The number of carboxylic acid groups (broad SMARTS) is 3. The zero-order valence-electron chi connectivity index (χ0n) is 15.8. The fraction of sp³-hybridized carbons (Fsp3) is 0.750. The number of nitrogens with two attached hydrogens (primary N) is 3. The second kappa shape index (κ2) is 37.2. The van der Waals surface area contributed by atoms with Crippen LogP contribution in [0.4, 0.5) is 14.4 Å². The molecule has 30 heavy (non-hydrogen) atoms. The average molecular weight is 459 g/mol. The Hall–Kier alpha value is -2.55. The minimum Gasteiger partial charge on any atom is -0.465 e. The Kier molecular flexibility index (Phi) is 51.8. The van der Waals surface area contributed by atoms with Crippen LogP contribution >= 0.6 is 0 Å². The normalized spacial score (nSPS) is 8.40. The summed E-state index contributed by atoms with van der Waals surface area (Å²) in [5.74, 6) is 0. The van der Waals surface area contributed by atoms with E-state index < -0.39 is 36.6 Å². The van der Waals surface area contributed by atoms with Crippen LogP contribution in [0, 0.1) is 0 Å². The van der Waals surface area contributed by atoms with E-state index in [1.807, 2.05) is 0 Å². The maximum absolute atomic E-state index is 8.78. The Labute approximate surface area is 170 Å². The molecular formula is C12H33N3O15. The van der Waals surface area contributed by atoms with Crippen LogP contribution in [0.15, 0.2) is 0 Å². The van der Waals surface area contributed by atoms with Crippen LogP contribution in [-0.4, -0.2) is 138 Å². The molecule has 18 heteroatoms. The molecule has 0 radical (unpaired) electrons. The molecule has 0 aromatic rings. The van der Waals surface area contributed by atoms with Gasteiger partial charge in [-0.3, -0.25) is 0 Å². The number of hydrogen-bond donors (Lipinski definition) is 15. The molecule has 0 heterocycles. The zero-order valence-corrected chi connectivity index (χ0v) is 15.8.